The predicted octanol–water partition coefficient (Wildman–Crippen LogP) is 0.561. The Bertz CT molecular complexity index is 389. The quantitative estimate of drug-likeness (QED) is 0.792. The summed E-state index contributed by atoms with van der Waals surface area (Å²) >= 11 is 0. The molecule has 4 nitrogen and oxygen atoms in total. The highest BCUT2D eigenvalue weighted by atomic mass is 19.1. The van der Waals surface area contributed by atoms with Crippen molar-refractivity contribution in [2.24, 2.45) is 0 Å². The Kier molecular flexibility index (Phi) is 5.06. The topological polar surface area (TPSA) is 60.8 Å². The number of hydrogen-bond acceptors (Lipinski definition) is 3. The van der Waals surface area contributed by atoms with Gasteiger partial charge >= 0.3 is 0 Å². The third-order valence-electron chi connectivity index (χ3n) is 2.46. The van der Waals surface area contributed by atoms with Gasteiger partial charge in [-0.05, 0) is 24.6 Å². The van der Waals surface area contributed by atoms with Gasteiger partial charge < -0.3 is 15.1 Å². The maximum Gasteiger partial charge on any atom is 0.254 e. The van der Waals surface area contributed by atoms with E-state index in [0.717, 1.165) is 0 Å². The Morgan fingerprint density at radius 1 is 1.29 bits per heavy atom. The van der Waals surface area contributed by atoms with E-state index in [1.807, 2.05) is 0 Å². The van der Waals surface area contributed by atoms with Crippen LogP contribution in [0.2, 0.25) is 0 Å². The van der Waals surface area contributed by atoms with Crippen LogP contribution in [0.5, 0.6) is 0 Å². The second-order valence-electron chi connectivity index (χ2n) is 3.70. The summed E-state index contributed by atoms with van der Waals surface area (Å²) in [5, 5.41) is 17.7. The smallest absolute Gasteiger partial charge is 0.254 e. The van der Waals surface area contributed by atoms with E-state index in [4.69, 9.17) is 10.2 Å². The van der Waals surface area contributed by atoms with Gasteiger partial charge in [0.2, 0.25) is 0 Å². The van der Waals surface area contributed by atoms with Crippen LogP contribution in [0.25, 0.3) is 0 Å². The Labute approximate surface area is 99.3 Å². The van der Waals surface area contributed by atoms with Crippen molar-refractivity contribution in [3.05, 3.63) is 35.1 Å². The molecule has 0 atom stereocenters. The first kappa shape index (κ1) is 13.6. The van der Waals surface area contributed by atoms with Gasteiger partial charge in [-0.1, -0.05) is 6.07 Å². The lowest BCUT2D eigenvalue weighted by atomic mass is 10.1. The van der Waals surface area contributed by atoms with Crippen molar-refractivity contribution < 1.29 is 19.4 Å². The highest BCUT2D eigenvalue weighted by Gasteiger charge is 2.17. The third kappa shape index (κ3) is 3.51. The molecule has 0 spiro atoms. The molecule has 0 heterocycles. The minimum Gasteiger partial charge on any atom is -0.395 e. The number of aliphatic hydroxyl groups excluding tert-OH is 2. The normalized spacial score (nSPS) is 10.4. The van der Waals surface area contributed by atoms with E-state index in [1.165, 1.54) is 23.1 Å². The van der Waals surface area contributed by atoms with E-state index < -0.39 is 5.82 Å². The number of carbonyl (C=O) groups is 1. The second-order valence-corrected chi connectivity index (χ2v) is 3.70. The lowest BCUT2D eigenvalue weighted by Gasteiger charge is -2.21. The van der Waals surface area contributed by atoms with Crippen LogP contribution in [0, 0.1) is 12.7 Å². The van der Waals surface area contributed by atoms with E-state index in [-0.39, 0.29) is 37.8 Å². The average molecular weight is 241 g/mol. The van der Waals surface area contributed by atoms with E-state index >= 15 is 0 Å². The van der Waals surface area contributed by atoms with Gasteiger partial charge in [-0.3, -0.25) is 4.79 Å². The van der Waals surface area contributed by atoms with Gasteiger partial charge in [0.1, 0.15) is 5.82 Å². The highest BCUT2D eigenvalue weighted by molar-refractivity contribution is 5.95. The zero-order chi connectivity index (χ0) is 12.8. The van der Waals surface area contributed by atoms with Crippen molar-refractivity contribution >= 4 is 5.91 Å². The Morgan fingerprint density at radius 3 is 2.41 bits per heavy atom. The first-order valence-electron chi connectivity index (χ1n) is 5.37. The van der Waals surface area contributed by atoms with E-state index in [9.17, 15) is 9.18 Å². The molecule has 1 aromatic rings. The summed E-state index contributed by atoms with van der Waals surface area (Å²) in [6.07, 6.45) is 0. The molecule has 5 heteroatoms. The van der Waals surface area contributed by atoms with Gasteiger partial charge in [0.15, 0.2) is 0 Å². The fraction of sp³-hybridized carbons (Fsp3) is 0.417. The van der Waals surface area contributed by atoms with Crippen LogP contribution in [0.15, 0.2) is 18.2 Å². The molecule has 0 radical (unpaired) electrons. The minimum absolute atomic E-state index is 0.120. The van der Waals surface area contributed by atoms with Crippen LogP contribution < -0.4 is 0 Å². The standard InChI is InChI=1S/C12H16FNO3/c1-9-2-3-10(13)8-11(9)12(17)14(4-6-15)5-7-16/h2-3,8,15-16H,4-7H2,1H3. The molecule has 0 aliphatic rings. The van der Waals surface area contributed by atoms with Gasteiger partial charge in [-0.25, -0.2) is 4.39 Å². The molecular weight excluding hydrogens is 225 g/mol. The minimum atomic E-state index is -0.480. The number of carbonyl (C=O) groups excluding carboxylic acids is 1. The van der Waals surface area contributed by atoms with E-state index in [2.05, 4.69) is 0 Å². The van der Waals surface area contributed by atoms with Crippen molar-refractivity contribution in [1.29, 1.82) is 0 Å². The number of hydrogen-bond donors (Lipinski definition) is 2. The molecule has 0 saturated carbocycles. The molecule has 1 amide bonds. The maximum atomic E-state index is 13.1. The van der Waals surface area contributed by atoms with Crippen LogP contribution in [0.1, 0.15) is 15.9 Å². The van der Waals surface area contributed by atoms with Gasteiger partial charge in [0.05, 0.1) is 13.2 Å². The van der Waals surface area contributed by atoms with Crippen LogP contribution in [-0.2, 0) is 0 Å². The van der Waals surface area contributed by atoms with Gasteiger partial charge in [-0.15, -0.1) is 0 Å². The highest BCUT2D eigenvalue weighted by Crippen LogP contribution is 2.12. The first-order valence-corrected chi connectivity index (χ1v) is 5.37. The zero-order valence-corrected chi connectivity index (χ0v) is 9.69. The molecule has 1 aromatic carbocycles. The number of rotatable bonds is 5. The predicted molar refractivity (Wildman–Crippen MR) is 61.2 cm³/mol. The summed E-state index contributed by atoms with van der Waals surface area (Å²) in [7, 11) is 0. The monoisotopic (exact) mass is 241 g/mol. The summed E-state index contributed by atoms with van der Waals surface area (Å²) in [5.74, 6) is -0.864. The van der Waals surface area contributed by atoms with Crippen molar-refractivity contribution in [2.75, 3.05) is 26.3 Å². The summed E-state index contributed by atoms with van der Waals surface area (Å²) in [5.41, 5.74) is 0.921. The maximum absolute atomic E-state index is 13.1. The molecular formula is C12H16FNO3. The molecule has 0 fully saturated rings. The SMILES string of the molecule is Cc1ccc(F)cc1C(=O)N(CCO)CCO. The molecule has 0 aromatic heterocycles. The Hall–Kier alpha value is -1.46. The lowest BCUT2D eigenvalue weighted by molar-refractivity contribution is 0.0683. The number of nitrogens with zero attached hydrogens (tertiary/aromatic N) is 1. The summed E-state index contributed by atoms with van der Waals surface area (Å²) < 4.78 is 13.1. The molecule has 17 heavy (non-hydrogen) atoms. The van der Waals surface area contributed by atoms with Gasteiger partial charge in [-0.2, -0.15) is 0 Å². The van der Waals surface area contributed by atoms with Gasteiger partial charge in [0.25, 0.3) is 5.91 Å². The van der Waals surface area contributed by atoms with E-state index in [0.29, 0.717) is 5.56 Å². The Morgan fingerprint density at radius 2 is 1.88 bits per heavy atom. The molecule has 0 bridgehead atoms. The molecule has 2 N–H and O–H groups in total. The van der Waals surface area contributed by atoms with Crippen molar-refractivity contribution in [2.45, 2.75) is 6.92 Å². The fourth-order valence-corrected chi connectivity index (χ4v) is 1.55. The van der Waals surface area contributed by atoms with Crippen molar-refractivity contribution in [1.82, 2.24) is 4.90 Å². The van der Waals surface area contributed by atoms with Crippen LogP contribution >= 0.6 is 0 Å². The number of benzene rings is 1. The number of amides is 1. The molecule has 0 saturated heterocycles. The molecule has 0 aliphatic heterocycles. The molecule has 94 valence electrons. The third-order valence-corrected chi connectivity index (χ3v) is 2.46. The number of aryl methyl sites for hydroxylation is 1. The molecule has 1 rings (SSSR count). The summed E-state index contributed by atoms with van der Waals surface area (Å²) in [6.45, 7) is 1.56. The number of aliphatic hydroxyl groups is 2. The van der Waals surface area contributed by atoms with Crippen LogP contribution in [0.4, 0.5) is 4.39 Å². The molecule has 0 unspecified atom stereocenters. The largest absolute Gasteiger partial charge is 0.395 e. The van der Waals surface area contributed by atoms with Crippen LogP contribution in [0.3, 0.4) is 0 Å². The van der Waals surface area contributed by atoms with E-state index in [1.54, 1.807) is 6.92 Å². The van der Waals surface area contributed by atoms with Crippen LogP contribution in [-0.4, -0.2) is 47.3 Å². The molecule has 0 aliphatic carbocycles. The van der Waals surface area contributed by atoms with Crippen molar-refractivity contribution in [3.8, 4) is 0 Å². The zero-order valence-electron chi connectivity index (χ0n) is 9.69. The van der Waals surface area contributed by atoms with Gasteiger partial charge in [0, 0.05) is 18.7 Å². The Balaban J connectivity index is 2.95. The summed E-state index contributed by atoms with van der Waals surface area (Å²) in [4.78, 5) is 13.3. The lowest BCUT2D eigenvalue weighted by Crippen LogP contribution is -2.36. The fourth-order valence-electron chi connectivity index (χ4n) is 1.55. The average Bonchev–Trinajstić information content (AvgIpc) is 2.31. The van der Waals surface area contributed by atoms with Crippen molar-refractivity contribution in [3.63, 3.8) is 0 Å². The summed E-state index contributed by atoms with van der Waals surface area (Å²) in [6, 6.07) is 3.98. The first-order chi connectivity index (χ1) is 8.10. The second kappa shape index (κ2) is 6.32. The number of halogens is 1.